The van der Waals surface area contributed by atoms with Gasteiger partial charge in [-0.3, -0.25) is 4.79 Å². The Labute approximate surface area is 123 Å². The standard InChI is InChI=1S/C17H30O3/c1-12(2)13-7-9-17(10-8-13,16(18)19)14-5-4-6-15(11-14)20-3/h12-15H,4-11H2,1-3H3,(H,18,19). The minimum Gasteiger partial charge on any atom is -0.481 e. The Bertz CT molecular complexity index is 329. The second-order valence-electron chi connectivity index (χ2n) is 7.26. The maximum Gasteiger partial charge on any atom is 0.309 e. The molecule has 116 valence electrons. The zero-order valence-electron chi connectivity index (χ0n) is 13.2. The highest BCUT2D eigenvalue weighted by molar-refractivity contribution is 5.75. The third-order valence-corrected chi connectivity index (χ3v) is 6.03. The number of hydrogen-bond donors (Lipinski definition) is 1. The fraction of sp³-hybridized carbons (Fsp3) is 0.941. The number of ether oxygens (including phenoxy) is 1. The van der Waals surface area contributed by atoms with E-state index in [4.69, 9.17) is 4.74 Å². The normalized spacial score (nSPS) is 38.9. The van der Waals surface area contributed by atoms with Crippen LogP contribution in [0.5, 0.6) is 0 Å². The van der Waals surface area contributed by atoms with Crippen molar-refractivity contribution in [2.24, 2.45) is 23.2 Å². The van der Waals surface area contributed by atoms with Crippen LogP contribution in [0.3, 0.4) is 0 Å². The maximum atomic E-state index is 12.0. The first-order valence-electron chi connectivity index (χ1n) is 8.25. The Hall–Kier alpha value is -0.570. The topological polar surface area (TPSA) is 46.5 Å². The summed E-state index contributed by atoms with van der Waals surface area (Å²) in [6.45, 7) is 4.53. The highest BCUT2D eigenvalue weighted by atomic mass is 16.5. The molecule has 2 rings (SSSR count). The first-order chi connectivity index (χ1) is 9.49. The van der Waals surface area contributed by atoms with E-state index in [1.165, 1.54) is 0 Å². The molecule has 2 saturated carbocycles. The van der Waals surface area contributed by atoms with Gasteiger partial charge in [0.15, 0.2) is 0 Å². The number of rotatable bonds is 4. The third-order valence-electron chi connectivity index (χ3n) is 6.03. The summed E-state index contributed by atoms with van der Waals surface area (Å²) in [5.41, 5.74) is -0.470. The van der Waals surface area contributed by atoms with Crippen molar-refractivity contribution >= 4 is 5.97 Å². The van der Waals surface area contributed by atoms with Crippen molar-refractivity contribution in [3.05, 3.63) is 0 Å². The Morgan fingerprint density at radius 3 is 2.35 bits per heavy atom. The number of carboxylic acids is 1. The van der Waals surface area contributed by atoms with Crippen LogP contribution in [0, 0.1) is 23.2 Å². The van der Waals surface area contributed by atoms with Gasteiger partial charge in [-0.2, -0.15) is 0 Å². The average molecular weight is 282 g/mol. The molecule has 0 spiro atoms. The van der Waals surface area contributed by atoms with Gasteiger partial charge >= 0.3 is 5.97 Å². The van der Waals surface area contributed by atoms with Crippen molar-refractivity contribution in [3.63, 3.8) is 0 Å². The molecule has 2 atom stereocenters. The molecule has 1 N–H and O–H groups in total. The van der Waals surface area contributed by atoms with Gasteiger partial charge in [0.1, 0.15) is 0 Å². The molecular formula is C17H30O3. The molecule has 0 aliphatic heterocycles. The number of carbonyl (C=O) groups is 1. The van der Waals surface area contributed by atoms with E-state index in [0.29, 0.717) is 17.8 Å². The summed E-state index contributed by atoms with van der Waals surface area (Å²) >= 11 is 0. The van der Waals surface area contributed by atoms with Crippen LogP contribution in [-0.4, -0.2) is 24.3 Å². The lowest BCUT2D eigenvalue weighted by molar-refractivity contribution is -0.159. The van der Waals surface area contributed by atoms with Crippen LogP contribution in [0.1, 0.15) is 65.2 Å². The maximum absolute atomic E-state index is 12.0. The number of aliphatic carboxylic acids is 1. The van der Waals surface area contributed by atoms with E-state index in [0.717, 1.165) is 51.4 Å². The summed E-state index contributed by atoms with van der Waals surface area (Å²) < 4.78 is 5.50. The van der Waals surface area contributed by atoms with Crippen molar-refractivity contribution in [1.82, 2.24) is 0 Å². The zero-order valence-corrected chi connectivity index (χ0v) is 13.2. The Morgan fingerprint density at radius 1 is 1.20 bits per heavy atom. The van der Waals surface area contributed by atoms with Crippen molar-refractivity contribution in [2.45, 2.75) is 71.3 Å². The molecule has 2 fully saturated rings. The monoisotopic (exact) mass is 282 g/mol. The van der Waals surface area contributed by atoms with Crippen molar-refractivity contribution in [2.75, 3.05) is 7.11 Å². The van der Waals surface area contributed by atoms with E-state index in [2.05, 4.69) is 13.8 Å². The molecule has 0 radical (unpaired) electrons. The van der Waals surface area contributed by atoms with Crippen molar-refractivity contribution in [1.29, 1.82) is 0 Å². The molecule has 0 aromatic rings. The molecule has 3 nitrogen and oxygen atoms in total. The average Bonchev–Trinajstić information content (AvgIpc) is 2.47. The van der Waals surface area contributed by atoms with E-state index in [1.54, 1.807) is 7.11 Å². The van der Waals surface area contributed by atoms with Gasteiger partial charge in [0.05, 0.1) is 11.5 Å². The van der Waals surface area contributed by atoms with Gasteiger partial charge in [-0.25, -0.2) is 0 Å². The molecule has 20 heavy (non-hydrogen) atoms. The van der Waals surface area contributed by atoms with Gasteiger partial charge in [0.2, 0.25) is 0 Å². The lowest BCUT2D eigenvalue weighted by Gasteiger charge is -2.45. The molecule has 2 aliphatic rings. The van der Waals surface area contributed by atoms with E-state index < -0.39 is 11.4 Å². The Balaban J connectivity index is 2.09. The Morgan fingerprint density at radius 2 is 1.85 bits per heavy atom. The van der Waals surface area contributed by atoms with Gasteiger partial charge in [0.25, 0.3) is 0 Å². The largest absolute Gasteiger partial charge is 0.481 e. The fourth-order valence-electron chi connectivity index (χ4n) is 4.48. The van der Waals surface area contributed by atoms with Gasteiger partial charge in [-0.05, 0) is 62.7 Å². The molecule has 0 amide bonds. The van der Waals surface area contributed by atoms with E-state index in [-0.39, 0.29) is 6.10 Å². The molecule has 0 bridgehead atoms. The predicted molar refractivity (Wildman–Crippen MR) is 79.6 cm³/mol. The predicted octanol–water partition coefficient (Wildman–Crippen LogP) is 4.11. The summed E-state index contributed by atoms with van der Waals surface area (Å²) in [7, 11) is 1.76. The summed E-state index contributed by atoms with van der Waals surface area (Å²) in [5.74, 6) is 1.15. The highest BCUT2D eigenvalue weighted by Crippen LogP contribution is 2.51. The minimum atomic E-state index is -0.554. The van der Waals surface area contributed by atoms with Crippen LogP contribution in [0.2, 0.25) is 0 Å². The van der Waals surface area contributed by atoms with Crippen LogP contribution >= 0.6 is 0 Å². The molecular weight excluding hydrogens is 252 g/mol. The highest BCUT2D eigenvalue weighted by Gasteiger charge is 2.49. The van der Waals surface area contributed by atoms with Crippen LogP contribution < -0.4 is 0 Å². The van der Waals surface area contributed by atoms with E-state index in [9.17, 15) is 9.90 Å². The zero-order chi connectivity index (χ0) is 14.8. The van der Waals surface area contributed by atoms with Crippen LogP contribution in [0.15, 0.2) is 0 Å². The lowest BCUT2D eigenvalue weighted by atomic mass is 9.59. The molecule has 0 aromatic carbocycles. The molecule has 2 unspecified atom stereocenters. The lowest BCUT2D eigenvalue weighted by Crippen LogP contribution is -2.45. The van der Waals surface area contributed by atoms with Crippen LogP contribution in [0.25, 0.3) is 0 Å². The summed E-state index contributed by atoms with van der Waals surface area (Å²) in [6, 6.07) is 0. The van der Waals surface area contributed by atoms with E-state index >= 15 is 0 Å². The SMILES string of the molecule is COC1CCCC(C2(C(=O)O)CCC(C(C)C)CC2)C1. The summed E-state index contributed by atoms with van der Waals surface area (Å²) in [5, 5.41) is 9.88. The second kappa shape index (κ2) is 6.46. The second-order valence-corrected chi connectivity index (χ2v) is 7.26. The first kappa shape index (κ1) is 15.8. The van der Waals surface area contributed by atoms with Gasteiger partial charge in [-0.1, -0.05) is 20.3 Å². The van der Waals surface area contributed by atoms with Crippen molar-refractivity contribution < 1.29 is 14.6 Å². The van der Waals surface area contributed by atoms with Crippen LogP contribution in [-0.2, 0) is 9.53 Å². The quantitative estimate of drug-likeness (QED) is 0.844. The molecule has 0 saturated heterocycles. The van der Waals surface area contributed by atoms with Gasteiger partial charge in [0, 0.05) is 7.11 Å². The van der Waals surface area contributed by atoms with Gasteiger partial charge in [-0.15, -0.1) is 0 Å². The fourth-order valence-corrected chi connectivity index (χ4v) is 4.48. The molecule has 0 heterocycles. The third kappa shape index (κ3) is 3.03. The molecule has 3 heteroatoms. The Kier molecular flexibility index (Phi) is 5.11. The van der Waals surface area contributed by atoms with E-state index in [1.807, 2.05) is 0 Å². The first-order valence-corrected chi connectivity index (χ1v) is 8.25. The smallest absolute Gasteiger partial charge is 0.309 e. The van der Waals surface area contributed by atoms with Crippen molar-refractivity contribution in [3.8, 4) is 0 Å². The molecule has 2 aliphatic carbocycles. The number of carboxylic acid groups (broad SMARTS) is 1. The summed E-state index contributed by atoms with van der Waals surface area (Å²) in [6.07, 6.45) is 8.39. The number of hydrogen-bond acceptors (Lipinski definition) is 2. The number of methoxy groups -OCH3 is 1. The summed E-state index contributed by atoms with van der Waals surface area (Å²) in [4.78, 5) is 12.0. The van der Waals surface area contributed by atoms with Crippen LogP contribution in [0.4, 0.5) is 0 Å². The minimum absolute atomic E-state index is 0.271. The van der Waals surface area contributed by atoms with Gasteiger partial charge < -0.3 is 9.84 Å². The molecule has 0 aromatic heterocycles.